The normalized spacial score (nSPS) is 11.5. The van der Waals surface area contributed by atoms with E-state index in [1.54, 1.807) is 12.3 Å². The lowest BCUT2D eigenvalue weighted by molar-refractivity contribution is 0.602. The summed E-state index contributed by atoms with van der Waals surface area (Å²) in [4.78, 5) is 3.97. The van der Waals surface area contributed by atoms with Gasteiger partial charge in [-0.05, 0) is 6.92 Å². The van der Waals surface area contributed by atoms with Crippen LogP contribution in [-0.4, -0.2) is 19.2 Å². The molecule has 13 heavy (non-hydrogen) atoms. The van der Waals surface area contributed by atoms with Crippen molar-refractivity contribution in [2.75, 3.05) is 10.5 Å². The van der Waals surface area contributed by atoms with Gasteiger partial charge in [-0.25, -0.2) is 13.4 Å². The smallest absolute Gasteiger partial charge is 0.234 e. The van der Waals surface area contributed by atoms with Crippen molar-refractivity contribution in [1.29, 1.82) is 0 Å². The molecule has 0 saturated carbocycles. The maximum atomic E-state index is 11.1. The Balaban J connectivity index is 2.75. The average molecular weight is 221 g/mol. The molecule has 1 aromatic rings. The molecular weight excluding hydrogens is 210 g/mol. The fourth-order valence-corrected chi connectivity index (χ4v) is 2.25. The number of thiazole rings is 1. The summed E-state index contributed by atoms with van der Waals surface area (Å²) in [6, 6.07) is 0. The van der Waals surface area contributed by atoms with Crippen LogP contribution in [0.4, 0.5) is 5.13 Å². The first-order valence-electron chi connectivity index (χ1n) is 3.72. The van der Waals surface area contributed by atoms with E-state index in [1.165, 1.54) is 11.3 Å². The number of nitrogens with zero attached hydrogens (tertiary/aromatic N) is 1. The number of aromatic nitrogens is 1. The maximum absolute atomic E-state index is 11.1. The van der Waals surface area contributed by atoms with E-state index in [4.69, 9.17) is 5.73 Å². The Labute approximate surface area is 81.0 Å². The van der Waals surface area contributed by atoms with Gasteiger partial charge in [0, 0.05) is 11.9 Å². The van der Waals surface area contributed by atoms with Gasteiger partial charge in [0.1, 0.15) is 0 Å². The molecule has 1 rings (SSSR count). The Morgan fingerprint density at radius 2 is 2.38 bits per heavy atom. The molecule has 74 valence electrons. The Hall–Kier alpha value is -0.660. The van der Waals surface area contributed by atoms with E-state index in [0.29, 0.717) is 17.4 Å². The van der Waals surface area contributed by atoms with Gasteiger partial charge in [0.05, 0.1) is 11.4 Å². The summed E-state index contributed by atoms with van der Waals surface area (Å²) in [5.74, 6) is 0.0462. The van der Waals surface area contributed by atoms with Gasteiger partial charge in [-0.1, -0.05) is 0 Å². The molecule has 7 heteroatoms. The van der Waals surface area contributed by atoms with Crippen LogP contribution in [-0.2, 0) is 16.6 Å². The van der Waals surface area contributed by atoms with E-state index in [9.17, 15) is 8.42 Å². The van der Waals surface area contributed by atoms with Gasteiger partial charge in [-0.2, -0.15) is 0 Å². The monoisotopic (exact) mass is 221 g/mol. The molecule has 0 amide bonds. The Kier molecular flexibility index (Phi) is 3.23. The van der Waals surface area contributed by atoms with Gasteiger partial charge in [-0.3, -0.25) is 4.72 Å². The summed E-state index contributed by atoms with van der Waals surface area (Å²) in [6.07, 6.45) is 0. The molecule has 0 unspecified atom stereocenters. The van der Waals surface area contributed by atoms with Crippen molar-refractivity contribution in [3.63, 3.8) is 0 Å². The highest BCUT2D eigenvalue weighted by Crippen LogP contribution is 2.16. The lowest BCUT2D eigenvalue weighted by atomic mass is 10.5. The molecule has 0 radical (unpaired) electrons. The average Bonchev–Trinajstić information content (AvgIpc) is 2.52. The third kappa shape index (κ3) is 2.94. The van der Waals surface area contributed by atoms with Crippen LogP contribution in [0, 0.1) is 0 Å². The fourth-order valence-electron chi connectivity index (χ4n) is 0.653. The summed E-state index contributed by atoms with van der Waals surface area (Å²) in [7, 11) is -3.21. The van der Waals surface area contributed by atoms with E-state index in [0.717, 1.165) is 0 Å². The highest BCUT2D eigenvalue weighted by Gasteiger charge is 2.09. The van der Waals surface area contributed by atoms with E-state index >= 15 is 0 Å². The second-order valence-electron chi connectivity index (χ2n) is 2.35. The van der Waals surface area contributed by atoms with Gasteiger partial charge in [0.2, 0.25) is 10.0 Å². The molecule has 1 aromatic heterocycles. The highest BCUT2D eigenvalue weighted by molar-refractivity contribution is 7.92. The second kappa shape index (κ2) is 4.03. The third-order valence-electron chi connectivity index (χ3n) is 1.38. The van der Waals surface area contributed by atoms with Crippen molar-refractivity contribution in [1.82, 2.24) is 4.98 Å². The Morgan fingerprint density at radius 3 is 2.85 bits per heavy atom. The van der Waals surface area contributed by atoms with Crippen LogP contribution in [0.1, 0.15) is 12.6 Å². The van der Waals surface area contributed by atoms with Gasteiger partial charge in [0.25, 0.3) is 0 Å². The molecule has 0 atom stereocenters. The van der Waals surface area contributed by atoms with Crippen molar-refractivity contribution in [2.45, 2.75) is 13.5 Å². The minimum atomic E-state index is -3.21. The summed E-state index contributed by atoms with van der Waals surface area (Å²) < 4.78 is 24.5. The fraction of sp³-hybridized carbons (Fsp3) is 0.500. The minimum Gasteiger partial charge on any atom is -0.325 e. The summed E-state index contributed by atoms with van der Waals surface area (Å²) in [5.41, 5.74) is 6.02. The number of sulfonamides is 1. The summed E-state index contributed by atoms with van der Waals surface area (Å²) >= 11 is 1.23. The number of nitrogens with one attached hydrogen (secondary N) is 1. The molecule has 0 aliphatic heterocycles. The Bertz CT molecular complexity index is 371. The first kappa shape index (κ1) is 10.4. The molecule has 3 N–H and O–H groups in total. The molecule has 0 aliphatic rings. The van der Waals surface area contributed by atoms with Crippen LogP contribution in [0.25, 0.3) is 0 Å². The zero-order valence-electron chi connectivity index (χ0n) is 7.15. The van der Waals surface area contributed by atoms with Crippen molar-refractivity contribution in [3.8, 4) is 0 Å². The first-order chi connectivity index (χ1) is 6.07. The maximum Gasteiger partial charge on any atom is 0.234 e. The van der Waals surface area contributed by atoms with Crippen molar-refractivity contribution < 1.29 is 8.42 Å². The van der Waals surface area contributed by atoms with E-state index < -0.39 is 10.0 Å². The SMILES string of the molecule is CCS(=O)(=O)Nc1nc(CN)cs1. The molecule has 1 heterocycles. The first-order valence-corrected chi connectivity index (χ1v) is 6.25. The largest absolute Gasteiger partial charge is 0.325 e. The topological polar surface area (TPSA) is 85.1 Å². The standard InChI is InChI=1S/C6H11N3O2S2/c1-2-13(10,11)9-6-8-5(3-7)4-12-6/h4H,2-3,7H2,1H3,(H,8,9). The molecule has 0 spiro atoms. The van der Waals surface area contributed by atoms with Gasteiger partial charge in [-0.15, -0.1) is 11.3 Å². The molecule has 0 bridgehead atoms. The second-order valence-corrected chi connectivity index (χ2v) is 5.22. The zero-order valence-corrected chi connectivity index (χ0v) is 8.78. The van der Waals surface area contributed by atoms with Crippen LogP contribution in [0.15, 0.2) is 5.38 Å². The lowest BCUT2D eigenvalue weighted by Crippen LogP contribution is -2.14. The van der Waals surface area contributed by atoms with Crippen LogP contribution in [0.3, 0.4) is 0 Å². The van der Waals surface area contributed by atoms with E-state index in [-0.39, 0.29) is 5.75 Å². The molecule has 0 aromatic carbocycles. The molecule has 0 saturated heterocycles. The van der Waals surface area contributed by atoms with Crippen LogP contribution in [0.2, 0.25) is 0 Å². The van der Waals surface area contributed by atoms with Crippen LogP contribution in [0.5, 0.6) is 0 Å². The van der Waals surface area contributed by atoms with Gasteiger partial charge < -0.3 is 5.73 Å². The molecule has 5 nitrogen and oxygen atoms in total. The van der Waals surface area contributed by atoms with E-state index in [1.807, 2.05) is 0 Å². The van der Waals surface area contributed by atoms with Crippen LogP contribution >= 0.6 is 11.3 Å². The third-order valence-corrected chi connectivity index (χ3v) is 3.58. The predicted molar refractivity (Wildman–Crippen MR) is 53.1 cm³/mol. The Morgan fingerprint density at radius 1 is 1.69 bits per heavy atom. The van der Waals surface area contributed by atoms with E-state index in [2.05, 4.69) is 9.71 Å². The summed E-state index contributed by atoms with van der Waals surface area (Å²) in [5, 5.41) is 2.11. The number of hydrogen-bond acceptors (Lipinski definition) is 5. The number of anilines is 1. The molecular formula is C6H11N3O2S2. The predicted octanol–water partition coefficient (Wildman–Crippen LogP) is 0.363. The molecule has 0 aliphatic carbocycles. The summed E-state index contributed by atoms with van der Waals surface area (Å²) in [6.45, 7) is 1.89. The van der Waals surface area contributed by atoms with Crippen molar-refractivity contribution in [2.24, 2.45) is 5.73 Å². The highest BCUT2D eigenvalue weighted by atomic mass is 32.2. The van der Waals surface area contributed by atoms with Gasteiger partial charge in [0.15, 0.2) is 5.13 Å². The number of nitrogens with two attached hydrogens (primary N) is 1. The van der Waals surface area contributed by atoms with Crippen molar-refractivity contribution >= 4 is 26.5 Å². The van der Waals surface area contributed by atoms with Crippen LogP contribution < -0.4 is 10.5 Å². The minimum absolute atomic E-state index is 0.0462. The number of rotatable bonds is 4. The zero-order chi connectivity index (χ0) is 9.90. The lowest BCUT2D eigenvalue weighted by Gasteiger charge is -1.99. The molecule has 0 fully saturated rings. The quantitative estimate of drug-likeness (QED) is 0.769. The number of hydrogen-bond donors (Lipinski definition) is 2. The van der Waals surface area contributed by atoms with Gasteiger partial charge >= 0.3 is 0 Å². The van der Waals surface area contributed by atoms with Crippen molar-refractivity contribution in [3.05, 3.63) is 11.1 Å².